The molecule has 0 bridgehead atoms. The first kappa shape index (κ1) is 26.2. The molecule has 1 unspecified atom stereocenters. The molecule has 8 heteroatoms. The van der Waals surface area contributed by atoms with E-state index >= 15 is 0 Å². The Bertz CT molecular complexity index is 1830. The minimum atomic E-state index is -0.0510. The van der Waals surface area contributed by atoms with E-state index in [0.717, 1.165) is 37.3 Å². The fourth-order valence-electron chi connectivity index (χ4n) is 6.21. The third-order valence-corrected chi connectivity index (χ3v) is 9.85. The van der Waals surface area contributed by atoms with Crippen molar-refractivity contribution in [3.8, 4) is 11.1 Å². The summed E-state index contributed by atoms with van der Waals surface area (Å²) in [6.07, 6.45) is 0. The predicted molar refractivity (Wildman–Crippen MR) is 168 cm³/mol. The van der Waals surface area contributed by atoms with Crippen molar-refractivity contribution < 1.29 is 13.9 Å². The van der Waals surface area contributed by atoms with Crippen LogP contribution < -0.4 is 15.2 Å². The van der Waals surface area contributed by atoms with Gasteiger partial charge in [0.25, 0.3) is 0 Å². The zero-order chi connectivity index (χ0) is 28.1. The normalized spacial score (nSPS) is 17.5. The molecule has 4 heterocycles. The first-order valence-electron chi connectivity index (χ1n) is 14.3. The third kappa shape index (κ3) is 4.60. The van der Waals surface area contributed by atoms with Gasteiger partial charge in [0.05, 0.1) is 24.6 Å². The summed E-state index contributed by atoms with van der Waals surface area (Å²) in [5.74, 6) is 0.813. The zero-order valence-corrected chi connectivity index (χ0v) is 24.2. The van der Waals surface area contributed by atoms with Crippen LogP contribution in [0.2, 0.25) is 0 Å². The average Bonchev–Trinajstić information content (AvgIpc) is 3.40. The van der Waals surface area contributed by atoms with Crippen molar-refractivity contribution in [1.82, 2.24) is 4.90 Å². The van der Waals surface area contributed by atoms with Crippen LogP contribution in [-0.4, -0.2) is 69.2 Å². The summed E-state index contributed by atoms with van der Waals surface area (Å²) in [5, 5.41) is 3.06. The van der Waals surface area contributed by atoms with Gasteiger partial charge in [-0.05, 0) is 32.0 Å². The van der Waals surface area contributed by atoms with Gasteiger partial charge < -0.3 is 19.0 Å². The van der Waals surface area contributed by atoms with E-state index in [4.69, 9.17) is 9.15 Å². The Morgan fingerprint density at radius 1 is 0.854 bits per heavy atom. The second kappa shape index (κ2) is 10.6. The van der Waals surface area contributed by atoms with Crippen molar-refractivity contribution in [2.24, 2.45) is 0 Å². The van der Waals surface area contributed by atoms with Crippen LogP contribution >= 0.6 is 11.3 Å². The van der Waals surface area contributed by atoms with Gasteiger partial charge >= 0.3 is 0 Å². The number of morpholine rings is 1. The predicted octanol–water partition coefficient (Wildman–Crippen LogP) is 5.76. The molecular formula is C33H33N3O4S. The van der Waals surface area contributed by atoms with Crippen molar-refractivity contribution in [2.75, 3.05) is 62.3 Å². The van der Waals surface area contributed by atoms with Crippen LogP contribution in [0.1, 0.15) is 13.8 Å². The van der Waals surface area contributed by atoms with Crippen LogP contribution in [0.3, 0.4) is 0 Å². The highest BCUT2D eigenvalue weighted by molar-refractivity contribution is 7.26. The van der Waals surface area contributed by atoms with Gasteiger partial charge in [-0.2, -0.15) is 0 Å². The number of carbonyl (C=O) groups is 1. The number of para-hydroxylation sites is 1. The Morgan fingerprint density at radius 2 is 1.61 bits per heavy atom. The van der Waals surface area contributed by atoms with Crippen LogP contribution in [-0.2, 0) is 9.53 Å². The Morgan fingerprint density at radius 3 is 2.39 bits per heavy atom. The van der Waals surface area contributed by atoms with Gasteiger partial charge in [0.2, 0.25) is 0 Å². The molecule has 0 radical (unpaired) electrons. The number of ketones is 1. The van der Waals surface area contributed by atoms with Gasteiger partial charge in [-0.1, -0.05) is 36.4 Å². The Hall–Kier alpha value is -3.72. The van der Waals surface area contributed by atoms with Crippen molar-refractivity contribution >= 4 is 59.8 Å². The maximum atomic E-state index is 13.3. The Labute approximate surface area is 242 Å². The number of anilines is 2. The van der Waals surface area contributed by atoms with Crippen molar-refractivity contribution in [2.45, 2.75) is 19.9 Å². The van der Waals surface area contributed by atoms with Crippen molar-refractivity contribution in [3.05, 3.63) is 70.9 Å². The van der Waals surface area contributed by atoms with E-state index in [1.165, 1.54) is 25.9 Å². The van der Waals surface area contributed by atoms with Crippen LogP contribution in [0.15, 0.2) is 69.9 Å². The van der Waals surface area contributed by atoms with E-state index in [1.807, 2.05) is 19.1 Å². The van der Waals surface area contributed by atoms with Crippen LogP contribution in [0, 0.1) is 0 Å². The minimum absolute atomic E-state index is 0.0311. The number of fused-ring (bicyclic) bond motifs is 4. The summed E-state index contributed by atoms with van der Waals surface area (Å²) in [5.41, 5.74) is 3.81. The van der Waals surface area contributed by atoms with Crippen molar-refractivity contribution in [1.29, 1.82) is 0 Å². The number of ether oxygens (including phenoxy) is 1. The average molecular weight is 568 g/mol. The number of hydrogen-bond donors (Lipinski definition) is 0. The highest BCUT2D eigenvalue weighted by Crippen LogP contribution is 2.46. The van der Waals surface area contributed by atoms with Crippen LogP contribution in [0.4, 0.5) is 11.6 Å². The van der Waals surface area contributed by atoms with Gasteiger partial charge in [-0.15, -0.1) is 11.3 Å². The largest absolute Gasteiger partial charge is 0.440 e. The maximum absolute atomic E-state index is 13.3. The molecule has 0 spiro atoms. The fourth-order valence-corrected chi connectivity index (χ4v) is 7.46. The molecule has 210 valence electrons. The number of Topliss-reactive ketones (excluding diaryl/α,β-unsaturated/α-hetero) is 1. The second-order valence-electron chi connectivity index (χ2n) is 11.0. The number of benzene rings is 3. The molecule has 2 aliphatic heterocycles. The highest BCUT2D eigenvalue weighted by atomic mass is 32.1. The monoisotopic (exact) mass is 567 g/mol. The van der Waals surface area contributed by atoms with E-state index in [0.29, 0.717) is 43.2 Å². The third-order valence-electron chi connectivity index (χ3n) is 8.65. The molecule has 7 nitrogen and oxygen atoms in total. The number of hydrogen-bond acceptors (Lipinski definition) is 8. The van der Waals surface area contributed by atoms with Gasteiger partial charge in [-0.3, -0.25) is 14.5 Å². The molecule has 41 heavy (non-hydrogen) atoms. The molecule has 0 saturated carbocycles. The lowest BCUT2D eigenvalue weighted by atomic mass is 9.98. The zero-order valence-electron chi connectivity index (χ0n) is 23.4. The molecule has 2 fully saturated rings. The van der Waals surface area contributed by atoms with Crippen molar-refractivity contribution in [3.63, 3.8) is 0 Å². The van der Waals surface area contributed by atoms with Gasteiger partial charge in [-0.25, -0.2) is 0 Å². The fraction of sp³-hybridized carbons (Fsp3) is 0.333. The molecule has 3 aromatic carbocycles. The first-order valence-corrected chi connectivity index (χ1v) is 15.1. The summed E-state index contributed by atoms with van der Waals surface area (Å²) < 4.78 is 14.5. The summed E-state index contributed by atoms with van der Waals surface area (Å²) in [4.78, 5) is 32.1. The van der Waals surface area contributed by atoms with Crippen LogP contribution in [0.25, 0.3) is 42.3 Å². The molecule has 2 aliphatic rings. The number of piperazine rings is 1. The smallest absolute Gasteiger partial charge is 0.200 e. The standard InChI is InChI=1S/C33H33N3O4S/c1-21(22(2)37)34-12-14-35(15-13-34)27-11-10-24(33-31(27)26-6-3-4-9-29(26)41-33)23-7-5-8-25-28(38)20-30(40-32(23)25)36-16-18-39-19-17-36/h3-11,20-21H,12-19H2,1-2H3. The lowest BCUT2D eigenvalue weighted by molar-refractivity contribution is -0.121. The van der Waals surface area contributed by atoms with E-state index in [1.54, 1.807) is 24.3 Å². The lowest BCUT2D eigenvalue weighted by Crippen LogP contribution is -2.51. The molecule has 2 saturated heterocycles. The van der Waals surface area contributed by atoms with Gasteiger partial charge in [0.1, 0.15) is 11.4 Å². The summed E-state index contributed by atoms with van der Waals surface area (Å²) in [6, 6.07) is 20.4. The summed E-state index contributed by atoms with van der Waals surface area (Å²) in [7, 11) is 0. The van der Waals surface area contributed by atoms with Gasteiger partial charge in [0, 0.05) is 82.3 Å². The topological polar surface area (TPSA) is 66.2 Å². The van der Waals surface area contributed by atoms with E-state index in [-0.39, 0.29) is 17.3 Å². The molecule has 2 aromatic heterocycles. The molecule has 0 amide bonds. The second-order valence-corrected chi connectivity index (χ2v) is 12.0. The number of carbonyl (C=O) groups excluding carboxylic acids is 1. The molecule has 1 atom stereocenters. The number of thiophene rings is 1. The molecule has 5 aromatic rings. The minimum Gasteiger partial charge on any atom is -0.440 e. The summed E-state index contributed by atoms with van der Waals surface area (Å²) in [6.45, 7) is 9.75. The molecular weight excluding hydrogens is 534 g/mol. The van der Waals surface area contributed by atoms with E-state index in [9.17, 15) is 9.59 Å². The van der Waals surface area contributed by atoms with Gasteiger partial charge in [0.15, 0.2) is 11.3 Å². The Balaban J connectivity index is 1.37. The van der Waals surface area contributed by atoms with E-state index in [2.05, 4.69) is 57.2 Å². The Kier molecular flexibility index (Phi) is 6.77. The highest BCUT2D eigenvalue weighted by Gasteiger charge is 2.26. The summed E-state index contributed by atoms with van der Waals surface area (Å²) >= 11 is 1.79. The molecule has 7 rings (SSSR count). The lowest BCUT2D eigenvalue weighted by Gasteiger charge is -2.38. The molecule has 0 N–H and O–H groups in total. The number of nitrogens with zero attached hydrogens (tertiary/aromatic N) is 3. The molecule has 0 aliphatic carbocycles. The maximum Gasteiger partial charge on any atom is 0.200 e. The van der Waals surface area contributed by atoms with Crippen LogP contribution in [0.5, 0.6) is 0 Å². The quantitative estimate of drug-likeness (QED) is 0.267. The number of rotatable bonds is 5. The van der Waals surface area contributed by atoms with E-state index < -0.39 is 0 Å². The SMILES string of the molecule is CC(=O)C(C)N1CCN(c2ccc(-c3cccc4c(=O)cc(N5CCOCC5)oc34)c3sc4ccccc4c23)CC1. The first-order chi connectivity index (χ1) is 20.0.